The lowest BCUT2D eigenvalue weighted by Crippen LogP contribution is -2.43. The standard InChI is InChI=1S/C12H25N3/c1-5-7-15(11(6-2)8-13)10-12(3,4)9-14/h11H,5-7,9-10,14H2,1-4H3. The molecule has 0 amide bonds. The number of nitrogens with zero attached hydrogens (tertiary/aromatic N) is 2. The summed E-state index contributed by atoms with van der Waals surface area (Å²) in [4.78, 5) is 2.26. The molecular formula is C12H25N3. The second kappa shape index (κ2) is 6.81. The van der Waals surface area contributed by atoms with Gasteiger partial charge in [0.2, 0.25) is 0 Å². The normalized spacial score (nSPS) is 13.9. The molecule has 0 rings (SSSR count). The molecular weight excluding hydrogens is 186 g/mol. The lowest BCUT2D eigenvalue weighted by Gasteiger charge is -2.34. The van der Waals surface area contributed by atoms with Crippen molar-refractivity contribution in [1.29, 1.82) is 5.26 Å². The van der Waals surface area contributed by atoms with Crippen LogP contribution >= 0.6 is 0 Å². The van der Waals surface area contributed by atoms with E-state index in [0.717, 1.165) is 25.9 Å². The van der Waals surface area contributed by atoms with Gasteiger partial charge in [0.05, 0.1) is 12.1 Å². The molecule has 0 aromatic rings. The predicted octanol–water partition coefficient (Wildman–Crippen LogP) is 1.99. The Labute approximate surface area is 94.2 Å². The second-order valence-corrected chi connectivity index (χ2v) is 4.89. The zero-order chi connectivity index (χ0) is 11.9. The molecule has 3 nitrogen and oxygen atoms in total. The molecule has 0 aliphatic rings. The third-order valence-electron chi connectivity index (χ3n) is 2.67. The van der Waals surface area contributed by atoms with Gasteiger partial charge in [-0.15, -0.1) is 0 Å². The Morgan fingerprint density at radius 2 is 2.00 bits per heavy atom. The summed E-state index contributed by atoms with van der Waals surface area (Å²) in [5, 5.41) is 9.07. The van der Waals surface area contributed by atoms with Gasteiger partial charge in [0.1, 0.15) is 0 Å². The zero-order valence-corrected chi connectivity index (χ0v) is 10.6. The highest BCUT2D eigenvalue weighted by molar-refractivity contribution is 4.92. The van der Waals surface area contributed by atoms with Crippen molar-refractivity contribution in [3.05, 3.63) is 0 Å². The van der Waals surface area contributed by atoms with Crippen molar-refractivity contribution < 1.29 is 0 Å². The van der Waals surface area contributed by atoms with Crippen LogP contribution in [0.1, 0.15) is 40.5 Å². The number of nitriles is 1. The highest BCUT2D eigenvalue weighted by Crippen LogP contribution is 2.17. The number of hydrogen-bond donors (Lipinski definition) is 1. The van der Waals surface area contributed by atoms with Gasteiger partial charge in [0, 0.05) is 6.54 Å². The van der Waals surface area contributed by atoms with E-state index >= 15 is 0 Å². The first-order valence-corrected chi connectivity index (χ1v) is 5.84. The van der Waals surface area contributed by atoms with Crippen LogP contribution in [0.15, 0.2) is 0 Å². The van der Waals surface area contributed by atoms with E-state index in [-0.39, 0.29) is 11.5 Å². The van der Waals surface area contributed by atoms with Crippen LogP contribution in [0.5, 0.6) is 0 Å². The fraction of sp³-hybridized carbons (Fsp3) is 0.917. The summed E-state index contributed by atoms with van der Waals surface area (Å²) in [5.74, 6) is 0. The Bertz CT molecular complexity index is 205. The van der Waals surface area contributed by atoms with E-state index in [1.807, 2.05) is 0 Å². The molecule has 0 heterocycles. The highest BCUT2D eigenvalue weighted by Gasteiger charge is 2.24. The van der Waals surface area contributed by atoms with E-state index < -0.39 is 0 Å². The van der Waals surface area contributed by atoms with E-state index in [1.165, 1.54) is 0 Å². The first kappa shape index (κ1) is 14.4. The summed E-state index contributed by atoms with van der Waals surface area (Å²) in [7, 11) is 0. The van der Waals surface area contributed by atoms with Crippen molar-refractivity contribution in [1.82, 2.24) is 4.90 Å². The maximum atomic E-state index is 9.07. The Kier molecular flexibility index (Phi) is 6.55. The summed E-state index contributed by atoms with van der Waals surface area (Å²) in [6, 6.07) is 2.41. The van der Waals surface area contributed by atoms with Crippen molar-refractivity contribution >= 4 is 0 Å². The Balaban J connectivity index is 4.46. The van der Waals surface area contributed by atoms with Crippen LogP contribution < -0.4 is 5.73 Å². The third kappa shape index (κ3) is 5.15. The molecule has 1 unspecified atom stereocenters. The van der Waals surface area contributed by atoms with Crippen molar-refractivity contribution in [3.8, 4) is 6.07 Å². The maximum absolute atomic E-state index is 9.07. The molecule has 0 radical (unpaired) electrons. The Hall–Kier alpha value is -0.590. The highest BCUT2D eigenvalue weighted by atomic mass is 15.2. The Morgan fingerprint density at radius 1 is 1.40 bits per heavy atom. The molecule has 0 saturated carbocycles. The summed E-state index contributed by atoms with van der Waals surface area (Å²) < 4.78 is 0. The predicted molar refractivity (Wildman–Crippen MR) is 64.4 cm³/mol. The van der Waals surface area contributed by atoms with E-state index in [0.29, 0.717) is 6.54 Å². The number of rotatable bonds is 7. The van der Waals surface area contributed by atoms with Gasteiger partial charge in [-0.1, -0.05) is 27.7 Å². The maximum Gasteiger partial charge on any atom is 0.0975 e. The summed E-state index contributed by atoms with van der Waals surface area (Å²) in [6.07, 6.45) is 1.97. The van der Waals surface area contributed by atoms with Crippen molar-refractivity contribution in [2.45, 2.75) is 46.6 Å². The van der Waals surface area contributed by atoms with E-state index in [1.54, 1.807) is 0 Å². The third-order valence-corrected chi connectivity index (χ3v) is 2.67. The average Bonchev–Trinajstić information content (AvgIpc) is 2.19. The molecule has 0 bridgehead atoms. The first-order chi connectivity index (χ1) is 7.00. The Morgan fingerprint density at radius 3 is 2.33 bits per heavy atom. The van der Waals surface area contributed by atoms with Crippen LogP contribution in [0.4, 0.5) is 0 Å². The lowest BCUT2D eigenvalue weighted by molar-refractivity contribution is 0.154. The van der Waals surface area contributed by atoms with E-state index in [4.69, 9.17) is 11.0 Å². The SMILES string of the molecule is CCCN(CC(C)(C)CN)C(C#N)CC. The summed E-state index contributed by atoms with van der Waals surface area (Å²) in [6.45, 7) is 11.1. The molecule has 0 spiro atoms. The van der Waals surface area contributed by atoms with Crippen molar-refractivity contribution in [2.24, 2.45) is 11.1 Å². The summed E-state index contributed by atoms with van der Waals surface area (Å²) >= 11 is 0. The second-order valence-electron chi connectivity index (χ2n) is 4.89. The van der Waals surface area contributed by atoms with Gasteiger partial charge in [-0.2, -0.15) is 5.26 Å². The number of hydrogen-bond acceptors (Lipinski definition) is 3. The van der Waals surface area contributed by atoms with E-state index in [9.17, 15) is 0 Å². The van der Waals surface area contributed by atoms with Gasteiger partial charge in [0.15, 0.2) is 0 Å². The van der Waals surface area contributed by atoms with Gasteiger partial charge >= 0.3 is 0 Å². The van der Waals surface area contributed by atoms with Crippen LogP contribution in [-0.4, -0.2) is 30.6 Å². The quantitative estimate of drug-likeness (QED) is 0.700. The van der Waals surface area contributed by atoms with Crippen molar-refractivity contribution in [3.63, 3.8) is 0 Å². The monoisotopic (exact) mass is 211 g/mol. The minimum Gasteiger partial charge on any atom is -0.330 e. The minimum atomic E-state index is 0.0378. The molecule has 1 atom stereocenters. The van der Waals surface area contributed by atoms with Crippen LogP contribution in [0.25, 0.3) is 0 Å². The molecule has 15 heavy (non-hydrogen) atoms. The number of nitrogens with two attached hydrogens (primary N) is 1. The molecule has 2 N–H and O–H groups in total. The van der Waals surface area contributed by atoms with Crippen LogP contribution in [0.2, 0.25) is 0 Å². The van der Waals surface area contributed by atoms with E-state index in [2.05, 4.69) is 38.7 Å². The largest absolute Gasteiger partial charge is 0.330 e. The van der Waals surface area contributed by atoms with Gasteiger partial charge in [-0.3, -0.25) is 4.90 Å². The van der Waals surface area contributed by atoms with Crippen molar-refractivity contribution in [2.75, 3.05) is 19.6 Å². The minimum absolute atomic E-state index is 0.0378. The molecule has 0 aromatic carbocycles. The average molecular weight is 211 g/mol. The summed E-state index contributed by atoms with van der Waals surface area (Å²) in [5.41, 5.74) is 5.82. The fourth-order valence-electron chi connectivity index (χ4n) is 1.68. The molecule has 3 heteroatoms. The molecule has 0 aliphatic heterocycles. The topological polar surface area (TPSA) is 53.0 Å². The molecule has 0 fully saturated rings. The van der Waals surface area contributed by atoms with Gasteiger partial charge in [0.25, 0.3) is 0 Å². The van der Waals surface area contributed by atoms with Gasteiger partial charge in [-0.05, 0) is 31.3 Å². The smallest absolute Gasteiger partial charge is 0.0975 e. The fourth-order valence-corrected chi connectivity index (χ4v) is 1.68. The van der Waals surface area contributed by atoms with Crippen LogP contribution in [0, 0.1) is 16.7 Å². The van der Waals surface area contributed by atoms with Gasteiger partial charge in [-0.25, -0.2) is 0 Å². The zero-order valence-electron chi connectivity index (χ0n) is 10.6. The molecule has 88 valence electrons. The van der Waals surface area contributed by atoms with Crippen LogP contribution in [0.3, 0.4) is 0 Å². The molecule has 0 aromatic heterocycles. The molecule has 0 aliphatic carbocycles. The van der Waals surface area contributed by atoms with Gasteiger partial charge < -0.3 is 5.73 Å². The first-order valence-electron chi connectivity index (χ1n) is 5.84. The lowest BCUT2D eigenvalue weighted by atomic mass is 9.92. The van der Waals surface area contributed by atoms with Crippen LogP contribution in [-0.2, 0) is 0 Å². The molecule has 0 saturated heterocycles.